The Morgan fingerprint density at radius 3 is 2.85 bits per heavy atom. The molecular formula is C9H10ClFN2. The van der Waals surface area contributed by atoms with Crippen molar-refractivity contribution in [2.75, 3.05) is 24.7 Å². The number of rotatable bonds is 2. The van der Waals surface area contributed by atoms with Gasteiger partial charge in [0.05, 0.1) is 11.7 Å². The van der Waals surface area contributed by atoms with Crippen molar-refractivity contribution in [3.05, 3.63) is 23.4 Å². The molecule has 13 heavy (non-hydrogen) atoms. The Labute approximate surface area is 81.3 Å². The molecule has 0 N–H and O–H groups in total. The predicted octanol–water partition coefficient (Wildman–Crippen LogP) is 2.14. The van der Waals surface area contributed by atoms with Crippen LogP contribution in [0.5, 0.6) is 0 Å². The molecule has 1 aromatic rings. The van der Waals surface area contributed by atoms with Gasteiger partial charge in [-0.25, -0.2) is 4.98 Å². The minimum Gasteiger partial charge on any atom is -0.356 e. The van der Waals surface area contributed by atoms with Gasteiger partial charge in [0.1, 0.15) is 5.82 Å². The fourth-order valence-corrected chi connectivity index (χ4v) is 1.52. The first-order valence-electron chi connectivity index (χ1n) is 4.22. The number of anilines is 1. The molecule has 4 heteroatoms. The van der Waals surface area contributed by atoms with Crippen LogP contribution in [0, 0.1) is 5.92 Å². The van der Waals surface area contributed by atoms with E-state index >= 15 is 0 Å². The van der Waals surface area contributed by atoms with E-state index in [0.717, 1.165) is 18.9 Å². The second kappa shape index (κ2) is 3.50. The van der Waals surface area contributed by atoms with E-state index in [-0.39, 0.29) is 12.6 Å². The summed E-state index contributed by atoms with van der Waals surface area (Å²) in [5, 5.41) is 0.631. The first kappa shape index (κ1) is 8.75. The third kappa shape index (κ3) is 1.75. The van der Waals surface area contributed by atoms with Crippen LogP contribution in [0.2, 0.25) is 5.02 Å². The number of pyridine rings is 1. The van der Waals surface area contributed by atoms with Crippen LogP contribution in [0.1, 0.15) is 0 Å². The van der Waals surface area contributed by atoms with Crippen LogP contribution >= 0.6 is 11.6 Å². The Kier molecular flexibility index (Phi) is 2.36. The summed E-state index contributed by atoms with van der Waals surface area (Å²) in [5.41, 5.74) is 0. The molecule has 1 saturated heterocycles. The maximum Gasteiger partial charge on any atom is 0.128 e. The van der Waals surface area contributed by atoms with Crippen LogP contribution in [-0.4, -0.2) is 24.7 Å². The zero-order chi connectivity index (χ0) is 9.26. The molecule has 2 nitrogen and oxygen atoms in total. The van der Waals surface area contributed by atoms with Crippen molar-refractivity contribution < 1.29 is 4.39 Å². The normalized spacial score (nSPS) is 17.2. The van der Waals surface area contributed by atoms with E-state index in [1.165, 1.54) is 0 Å². The van der Waals surface area contributed by atoms with Crippen molar-refractivity contribution in [3.63, 3.8) is 0 Å². The second-order valence-corrected chi connectivity index (χ2v) is 3.70. The van der Waals surface area contributed by atoms with E-state index in [4.69, 9.17) is 11.6 Å². The second-order valence-electron chi connectivity index (χ2n) is 3.26. The van der Waals surface area contributed by atoms with Crippen molar-refractivity contribution in [1.29, 1.82) is 0 Å². The zero-order valence-corrected chi connectivity index (χ0v) is 7.84. The van der Waals surface area contributed by atoms with Gasteiger partial charge in [0, 0.05) is 25.2 Å². The summed E-state index contributed by atoms with van der Waals surface area (Å²) in [6.07, 6.45) is 1.61. The summed E-state index contributed by atoms with van der Waals surface area (Å²) in [6.45, 7) is 1.31. The van der Waals surface area contributed by atoms with Crippen LogP contribution in [-0.2, 0) is 0 Å². The molecule has 2 heterocycles. The number of hydrogen-bond acceptors (Lipinski definition) is 2. The number of alkyl halides is 1. The van der Waals surface area contributed by atoms with Crippen LogP contribution in [0.15, 0.2) is 18.3 Å². The Bertz CT molecular complexity index is 282. The molecule has 70 valence electrons. The highest BCUT2D eigenvalue weighted by molar-refractivity contribution is 6.30. The van der Waals surface area contributed by atoms with Gasteiger partial charge in [-0.3, -0.25) is 4.39 Å². The van der Waals surface area contributed by atoms with Crippen LogP contribution in [0.3, 0.4) is 0 Å². The maximum atomic E-state index is 12.1. The monoisotopic (exact) mass is 200 g/mol. The van der Waals surface area contributed by atoms with Crippen molar-refractivity contribution in [3.8, 4) is 0 Å². The largest absolute Gasteiger partial charge is 0.356 e. The Morgan fingerprint density at radius 1 is 1.54 bits per heavy atom. The summed E-state index contributed by atoms with van der Waals surface area (Å²) in [5.74, 6) is 1.08. The molecule has 1 aliphatic heterocycles. The molecule has 0 unspecified atom stereocenters. The molecule has 1 fully saturated rings. The smallest absolute Gasteiger partial charge is 0.128 e. The lowest BCUT2D eigenvalue weighted by molar-refractivity contribution is 0.305. The summed E-state index contributed by atoms with van der Waals surface area (Å²) in [7, 11) is 0. The van der Waals surface area contributed by atoms with Crippen LogP contribution in [0.4, 0.5) is 10.2 Å². The Balaban J connectivity index is 1.99. The molecular weight excluding hydrogens is 191 g/mol. The highest BCUT2D eigenvalue weighted by atomic mass is 35.5. The average molecular weight is 201 g/mol. The van der Waals surface area contributed by atoms with E-state index in [2.05, 4.69) is 4.98 Å². The highest BCUT2D eigenvalue weighted by Crippen LogP contribution is 2.23. The molecule has 0 atom stereocenters. The molecule has 0 aromatic carbocycles. The standard InChI is InChI=1S/C9H10ClFN2/c10-8-1-2-9(12-4-8)13-5-7(3-11)6-13/h1-2,4,7H,3,5-6H2. The molecule has 2 rings (SSSR count). The fourth-order valence-electron chi connectivity index (χ4n) is 1.41. The molecule has 1 aliphatic rings. The van der Waals surface area contributed by atoms with E-state index in [9.17, 15) is 4.39 Å². The lowest BCUT2D eigenvalue weighted by Crippen LogP contribution is -2.48. The van der Waals surface area contributed by atoms with Gasteiger partial charge in [0.2, 0.25) is 0 Å². The summed E-state index contributed by atoms with van der Waals surface area (Å²) in [4.78, 5) is 6.18. The average Bonchev–Trinajstić information content (AvgIpc) is 2.06. The molecule has 1 aromatic heterocycles. The lowest BCUT2D eigenvalue weighted by Gasteiger charge is -2.38. The SMILES string of the molecule is FCC1CN(c2ccc(Cl)cn2)C1. The summed E-state index contributed by atoms with van der Waals surface area (Å²) in [6, 6.07) is 3.66. The van der Waals surface area contributed by atoms with Crippen molar-refractivity contribution in [2.24, 2.45) is 5.92 Å². The van der Waals surface area contributed by atoms with Crippen molar-refractivity contribution >= 4 is 17.4 Å². The van der Waals surface area contributed by atoms with Gasteiger partial charge in [-0.1, -0.05) is 11.6 Å². The van der Waals surface area contributed by atoms with Gasteiger partial charge in [0.25, 0.3) is 0 Å². The van der Waals surface area contributed by atoms with E-state index in [1.54, 1.807) is 12.3 Å². The van der Waals surface area contributed by atoms with E-state index in [0.29, 0.717) is 5.02 Å². The van der Waals surface area contributed by atoms with Crippen LogP contribution in [0.25, 0.3) is 0 Å². The molecule has 0 spiro atoms. The number of halogens is 2. The Hall–Kier alpha value is -0.830. The fraction of sp³-hybridized carbons (Fsp3) is 0.444. The van der Waals surface area contributed by atoms with Crippen molar-refractivity contribution in [1.82, 2.24) is 4.98 Å². The van der Waals surface area contributed by atoms with Gasteiger partial charge in [-0.15, -0.1) is 0 Å². The third-order valence-electron chi connectivity index (χ3n) is 2.21. The quantitative estimate of drug-likeness (QED) is 0.727. The van der Waals surface area contributed by atoms with Gasteiger partial charge in [-0.2, -0.15) is 0 Å². The van der Waals surface area contributed by atoms with Gasteiger partial charge in [0.15, 0.2) is 0 Å². The maximum absolute atomic E-state index is 12.1. The van der Waals surface area contributed by atoms with E-state index in [1.807, 2.05) is 11.0 Å². The van der Waals surface area contributed by atoms with Gasteiger partial charge in [-0.05, 0) is 12.1 Å². The molecule has 0 radical (unpaired) electrons. The number of hydrogen-bond donors (Lipinski definition) is 0. The van der Waals surface area contributed by atoms with Crippen molar-refractivity contribution in [2.45, 2.75) is 0 Å². The number of nitrogens with zero attached hydrogens (tertiary/aromatic N) is 2. The summed E-state index contributed by atoms with van der Waals surface area (Å²) >= 11 is 5.69. The first-order chi connectivity index (χ1) is 6.29. The third-order valence-corrected chi connectivity index (χ3v) is 2.43. The van der Waals surface area contributed by atoms with Gasteiger partial charge >= 0.3 is 0 Å². The molecule has 0 aliphatic carbocycles. The first-order valence-corrected chi connectivity index (χ1v) is 4.60. The van der Waals surface area contributed by atoms with Gasteiger partial charge < -0.3 is 4.90 Å². The lowest BCUT2D eigenvalue weighted by atomic mass is 10.0. The minimum absolute atomic E-state index is 0.192. The van der Waals surface area contributed by atoms with E-state index < -0.39 is 0 Å². The highest BCUT2D eigenvalue weighted by Gasteiger charge is 2.27. The molecule has 0 saturated carbocycles. The minimum atomic E-state index is -0.232. The summed E-state index contributed by atoms with van der Waals surface area (Å²) < 4.78 is 12.1. The Morgan fingerprint density at radius 2 is 2.31 bits per heavy atom. The number of aromatic nitrogens is 1. The molecule has 0 bridgehead atoms. The molecule has 0 amide bonds. The topological polar surface area (TPSA) is 16.1 Å². The zero-order valence-electron chi connectivity index (χ0n) is 7.08. The predicted molar refractivity (Wildman–Crippen MR) is 50.9 cm³/mol. The van der Waals surface area contributed by atoms with Crippen LogP contribution < -0.4 is 4.90 Å².